The minimum absolute atomic E-state index is 0.0119. The molecule has 0 saturated heterocycles. The number of unbranched alkanes of at least 4 members (excludes halogenated alkanes) is 1. The maximum atomic E-state index is 13.5. The molecule has 2 aliphatic rings. The second-order valence-corrected chi connectivity index (χ2v) is 33.8. The first-order chi connectivity index (χ1) is 47.3. The molecule has 0 fully saturated rings. The molecule has 1 aromatic heterocycles. The van der Waals surface area contributed by atoms with Gasteiger partial charge in [-0.15, -0.1) is 0 Å². The van der Waals surface area contributed by atoms with Gasteiger partial charge < -0.3 is 30.6 Å². The van der Waals surface area contributed by atoms with Crippen molar-refractivity contribution in [1.82, 2.24) is 15.6 Å². The zero-order valence-corrected chi connectivity index (χ0v) is 59.6. The zero-order valence-electron chi connectivity index (χ0n) is 54.7. The van der Waals surface area contributed by atoms with Gasteiger partial charge in [0.1, 0.15) is 33.0 Å². The van der Waals surface area contributed by atoms with Gasteiger partial charge in [0.25, 0.3) is 56.5 Å². The Morgan fingerprint density at radius 3 is 1.89 bits per heavy atom. The van der Waals surface area contributed by atoms with E-state index in [2.05, 4.69) is 15.6 Å². The predicted octanol–water partition coefficient (Wildman–Crippen LogP) is 8.81. The van der Waals surface area contributed by atoms with Crippen molar-refractivity contribution in [2.45, 2.75) is 109 Å². The number of allylic oxidation sites excluding steroid dienone is 6. The Labute approximate surface area is 586 Å². The Bertz CT molecular complexity index is 5430. The van der Waals surface area contributed by atoms with Crippen molar-refractivity contribution in [1.29, 1.82) is 0 Å². The number of ether oxygens (including phenoxy) is 1. The van der Waals surface area contributed by atoms with Gasteiger partial charge in [-0.05, 0) is 156 Å². The smallest absolute Gasteiger partial charge is 0.433 e. The number of rotatable bonds is 28. The molecule has 0 atom stereocenters. The lowest BCUT2D eigenvalue weighted by atomic mass is 9.78. The highest BCUT2D eigenvalue weighted by Gasteiger charge is 2.47. The first-order valence-corrected chi connectivity index (χ1v) is 40.0. The lowest BCUT2D eigenvalue weighted by Crippen LogP contribution is -2.34. The summed E-state index contributed by atoms with van der Waals surface area (Å²) >= 11 is 0. The van der Waals surface area contributed by atoms with E-state index in [4.69, 9.17) is 10.5 Å². The van der Waals surface area contributed by atoms with Crippen molar-refractivity contribution in [3.8, 4) is 11.6 Å². The van der Waals surface area contributed by atoms with Crippen molar-refractivity contribution in [2.75, 3.05) is 42.6 Å². The van der Waals surface area contributed by atoms with Crippen LogP contribution in [0.15, 0.2) is 159 Å². The van der Waals surface area contributed by atoms with E-state index in [1.165, 1.54) is 54.6 Å². The monoisotopic (exact) mass is 1530 g/mol. The highest BCUT2D eigenvalue weighted by atomic mass is 32.2. The van der Waals surface area contributed by atoms with Gasteiger partial charge in [-0.3, -0.25) is 32.4 Å². The van der Waals surface area contributed by atoms with Crippen molar-refractivity contribution in [3.05, 3.63) is 178 Å². The molecule has 0 aliphatic carbocycles. The first-order valence-electron chi connectivity index (χ1n) is 31.0. The molecule has 546 valence electrons. The highest BCUT2D eigenvalue weighted by molar-refractivity contribution is 7.87. The van der Waals surface area contributed by atoms with Crippen molar-refractivity contribution >= 4 is 117 Å². The summed E-state index contributed by atoms with van der Waals surface area (Å²) in [7, 11) is -30.1. The molecule has 27 nitrogen and oxygen atoms in total. The second-order valence-electron chi connectivity index (χ2n) is 25.1. The standard InChI is InChI=1S/C66H69F3N6O21S6/c1-64(2)57(74(27-9-29-97(78,79)80)52-21-19-48-50(61(52)64)35-46(99(84,85)86)37-54(48)101(90,91)92)23-17-42(18-24-58-65(3,4)62-51-36-47(100(87,88)89)38-55(102(93,94)95)49(51)20-22-53(62)75(58)28-10-30-98(81,82)83)43-13-7-12-40(31-43)11-5-6-16-59(76)71-25-26-72-63(77)44-14-8-15-45(34-44)96-60-33-41(39-70)32-56(73-60)66(67,68)69/h7-8,12-15,17-24,31-38H,5-6,9-11,16,25-30,39,70H2,1-4H3,(H7-,71,72,76,77,78,79,80,81,82,83,84,85,86,87,88,89,90,91,92,93,94,95). The molecule has 0 unspecified atom stereocenters. The van der Waals surface area contributed by atoms with Crippen LogP contribution in [-0.2, 0) is 95.5 Å². The number of pyridine rings is 1. The van der Waals surface area contributed by atoms with Gasteiger partial charge in [0.05, 0.1) is 31.6 Å². The quantitative estimate of drug-likeness (QED) is 0.00982. The van der Waals surface area contributed by atoms with Crippen LogP contribution in [0.3, 0.4) is 0 Å². The SMILES string of the molecule is CC1(C)C(/C=C/C(=C/C=C2\N(CCCS(=O)(=O)O)c3ccc4c(S(=O)(=O)[O-])cc(S(=O)(=O)O)cc4c3C2(C)C)c2cccc(CCCCC(=O)NCCNC(=O)c3cccc(Oc4cc(CN)cc(C(F)(F)F)n4)c3)c2)=[N+](CCCS(=O)(=O)O)c2ccc3c(S(=O)(=O)O)cc(S(=O)(=O)O)cc3c21. The van der Waals surface area contributed by atoms with Gasteiger partial charge in [0.2, 0.25) is 17.5 Å². The van der Waals surface area contributed by atoms with Crippen LogP contribution in [0.4, 0.5) is 24.5 Å². The number of fused-ring (bicyclic) bond motifs is 6. The molecule has 6 aromatic carbocycles. The van der Waals surface area contributed by atoms with Crippen LogP contribution < -0.4 is 26.0 Å². The summed E-state index contributed by atoms with van der Waals surface area (Å²) in [6.45, 7) is 6.20. The van der Waals surface area contributed by atoms with E-state index < -0.39 is 120 Å². The highest BCUT2D eigenvalue weighted by Crippen LogP contribution is 2.53. The number of carbonyl (C=O) groups excluding carboxylic acids is 2. The lowest BCUT2D eigenvalue weighted by Gasteiger charge is -2.27. The molecule has 0 bridgehead atoms. The Hall–Kier alpha value is -8.37. The van der Waals surface area contributed by atoms with Crippen molar-refractivity contribution in [3.63, 3.8) is 0 Å². The van der Waals surface area contributed by atoms with Gasteiger partial charge in [0.15, 0.2) is 5.71 Å². The molecule has 0 spiro atoms. The fraction of sp³-hybridized carbons (Fsp3) is 0.303. The van der Waals surface area contributed by atoms with E-state index in [0.29, 0.717) is 59.6 Å². The Kier molecular flexibility index (Phi) is 22.4. The van der Waals surface area contributed by atoms with Crippen LogP contribution in [0.2, 0.25) is 0 Å². The summed E-state index contributed by atoms with van der Waals surface area (Å²) in [5.41, 5.74) is 5.35. The number of alkyl halides is 3. The predicted molar refractivity (Wildman–Crippen MR) is 369 cm³/mol. The number of nitrogens with two attached hydrogens (primary N) is 1. The first kappa shape index (κ1) is 77.8. The normalized spacial score (nSPS) is 15.6. The van der Waals surface area contributed by atoms with Gasteiger partial charge in [-0.25, -0.2) is 13.4 Å². The fourth-order valence-corrected chi connectivity index (χ4v) is 16.3. The number of aromatic nitrogens is 1. The van der Waals surface area contributed by atoms with Gasteiger partial charge >= 0.3 is 6.18 Å². The largest absolute Gasteiger partial charge is 0.744 e. The second kappa shape index (κ2) is 29.4. The molecular weight excluding hydrogens is 1460 g/mol. The Balaban J connectivity index is 1.05. The zero-order chi connectivity index (χ0) is 75.1. The van der Waals surface area contributed by atoms with E-state index in [-0.39, 0.29) is 119 Å². The molecule has 2 aliphatic heterocycles. The molecular formula is C66H69F3N6O21S6. The van der Waals surface area contributed by atoms with Gasteiger partial charge in [0, 0.05) is 90.5 Å². The summed E-state index contributed by atoms with van der Waals surface area (Å²) in [6, 6.07) is 23.4. The molecule has 36 heteroatoms. The summed E-state index contributed by atoms with van der Waals surface area (Å²) < 4.78 is 262. The number of anilines is 1. The number of nitrogens with zero attached hydrogens (tertiary/aromatic N) is 3. The van der Waals surface area contributed by atoms with E-state index >= 15 is 0 Å². The number of amides is 2. The third-order valence-electron chi connectivity index (χ3n) is 17.2. The third kappa shape index (κ3) is 18.2. The molecule has 102 heavy (non-hydrogen) atoms. The summed E-state index contributed by atoms with van der Waals surface area (Å²) in [4.78, 5) is 27.7. The van der Waals surface area contributed by atoms with Crippen LogP contribution >= 0.6 is 0 Å². The average molecular weight is 1530 g/mol. The number of benzene rings is 6. The third-order valence-corrected chi connectivity index (χ3v) is 22.2. The summed E-state index contributed by atoms with van der Waals surface area (Å²) in [5, 5.41) is 4.89. The van der Waals surface area contributed by atoms with E-state index in [9.17, 15) is 101 Å². The number of carbonyl (C=O) groups is 2. The van der Waals surface area contributed by atoms with Crippen molar-refractivity contribution < 1.29 is 110 Å². The molecule has 0 radical (unpaired) electrons. The maximum Gasteiger partial charge on any atom is 0.433 e. The molecule has 9 N–H and O–H groups in total. The maximum absolute atomic E-state index is 13.5. The number of halogens is 3. The lowest BCUT2D eigenvalue weighted by molar-refractivity contribution is -0.437. The number of hydrogen-bond acceptors (Lipinski definition) is 19. The summed E-state index contributed by atoms with van der Waals surface area (Å²) in [6.07, 6.45) is 2.65. The Morgan fingerprint density at radius 1 is 0.657 bits per heavy atom. The van der Waals surface area contributed by atoms with Crippen LogP contribution in [-0.4, -0.2) is 143 Å². The fourth-order valence-electron chi connectivity index (χ4n) is 12.7. The van der Waals surface area contributed by atoms with Crippen LogP contribution in [0, 0.1) is 0 Å². The number of nitrogens with one attached hydrogen (secondary N) is 2. The molecule has 0 saturated carbocycles. The summed E-state index contributed by atoms with van der Waals surface area (Å²) in [5.74, 6) is -2.77. The Morgan fingerprint density at radius 2 is 1.26 bits per heavy atom. The number of aryl methyl sites for hydroxylation is 1. The molecule has 2 amide bonds. The van der Waals surface area contributed by atoms with Crippen LogP contribution in [0.1, 0.15) is 104 Å². The molecule has 3 heterocycles. The molecule has 9 rings (SSSR count). The van der Waals surface area contributed by atoms with Crippen LogP contribution in [0.5, 0.6) is 11.6 Å². The number of hydrogen-bond donors (Lipinski definition) is 8. The molecule has 7 aromatic rings. The van der Waals surface area contributed by atoms with E-state index in [0.717, 1.165) is 23.8 Å². The average Bonchev–Trinajstić information content (AvgIpc) is 1.54. The van der Waals surface area contributed by atoms with Gasteiger partial charge in [-0.1, -0.05) is 56.3 Å². The minimum Gasteiger partial charge on any atom is -0.744 e. The van der Waals surface area contributed by atoms with Crippen LogP contribution in [0.25, 0.3) is 27.1 Å². The van der Waals surface area contributed by atoms with E-state index in [1.807, 2.05) is 12.1 Å². The van der Waals surface area contributed by atoms with E-state index in [1.54, 1.807) is 73.6 Å². The van der Waals surface area contributed by atoms with Crippen molar-refractivity contribution in [2.24, 2.45) is 5.73 Å². The topological polar surface area (TPSA) is 442 Å². The minimum atomic E-state index is -5.43. The van der Waals surface area contributed by atoms with Gasteiger partial charge in [-0.2, -0.15) is 59.8 Å².